The molecule has 1 saturated carbocycles. The Morgan fingerprint density at radius 2 is 1.64 bits per heavy atom. The van der Waals surface area contributed by atoms with Gasteiger partial charge >= 0.3 is 0 Å². The minimum Gasteiger partial charge on any atom is -0.338 e. The van der Waals surface area contributed by atoms with Crippen molar-refractivity contribution in [3.8, 4) is 0 Å². The molecule has 2 heterocycles. The lowest BCUT2D eigenvalue weighted by Crippen LogP contribution is -2.38. The maximum absolute atomic E-state index is 13.5. The van der Waals surface area contributed by atoms with Crippen LogP contribution in [0.15, 0.2) is 48.7 Å². The van der Waals surface area contributed by atoms with Crippen LogP contribution in [0.25, 0.3) is 0 Å². The van der Waals surface area contributed by atoms with Crippen LogP contribution in [0.5, 0.6) is 0 Å². The number of aromatic nitrogens is 1. The quantitative estimate of drug-likeness (QED) is 0.562. The number of amides is 2. The van der Waals surface area contributed by atoms with Crippen LogP contribution in [0.1, 0.15) is 76.0 Å². The molecule has 0 N–H and O–H groups in total. The van der Waals surface area contributed by atoms with Crippen molar-refractivity contribution in [2.45, 2.75) is 77.8 Å². The summed E-state index contributed by atoms with van der Waals surface area (Å²) in [6.07, 6.45) is 11.8. The van der Waals surface area contributed by atoms with E-state index in [4.69, 9.17) is 0 Å². The lowest BCUT2D eigenvalue weighted by molar-refractivity contribution is -0.132. The van der Waals surface area contributed by atoms with Gasteiger partial charge in [0, 0.05) is 64.5 Å². The number of hydrogen-bond donors (Lipinski definition) is 0. The number of hydrogen-bond acceptors (Lipinski definition) is 4. The van der Waals surface area contributed by atoms with Gasteiger partial charge in [0.25, 0.3) is 0 Å². The van der Waals surface area contributed by atoms with E-state index in [1.807, 2.05) is 46.3 Å². The Labute approximate surface area is 216 Å². The molecule has 1 aromatic heterocycles. The minimum absolute atomic E-state index is 0.0472. The molecule has 1 aliphatic heterocycles. The Hall–Kier alpha value is -2.73. The summed E-state index contributed by atoms with van der Waals surface area (Å²) in [5.74, 6) is 0.994. The Morgan fingerprint density at radius 3 is 2.39 bits per heavy atom. The molecule has 0 unspecified atom stereocenters. The van der Waals surface area contributed by atoms with Crippen molar-refractivity contribution < 1.29 is 9.59 Å². The Balaban J connectivity index is 1.51. The highest BCUT2D eigenvalue weighted by Crippen LogP contribution is 2.28. The molecule has 194 valence electrons. The first-order valence-corrected chi connectivity index (χ1v) is 13.9. The van der Waals surface area contributed by atoms with Crippen LogP contribution in [0.2, 0.25) is 0 Å². The number of benzene rings is 1. The number of anilines is 1. The van der Waals surface area contributed by atoms with Gasteiger partial charge in [0.15, 0.2) is 0 Å². The standard InChI is InChI=1S/C30H42N4O2/c1-25(35)34-22-10-20-32(24-28-14-7-8-18-31-28)19-9-21-33(23-27-13-5-6-15-29(27)34)30(36)17-16-26-11-3-2-4-12-26/h5-8,13-15,18,26H,2-4,9-12,16-17,19-24H2,1H3. The van der Waals surface area contributed by atoms with Crippen molar-refractivity contribution >= 4 is 17.5 Å². The Bertz CT molecular complexity index is 974. The molecule has 36 heavy (non-hydrogen) atoms. The normalized spacial score (nSPS) is 18.7. The third-order valence-electron chi connectivity index (χ3n) is 7.74. The van der Waals surface area contributed by atoms with E-state index in [0.717, 1.165) is 62.4 Å². The van der Waals surface area contributed by atoms with Crippen LogP contribution < -0.4 is 4.90 Å². The number of carbonyl (C=O) groups excluding carboxylic acids is 2. The summed E-state index contributed by atoms with van der Waals surface area (Å²) in [7, 11) is 0. The van der Waals surface area contributed by atoms with Crippen molar-refractivity contribution in [2.75, 3.05) is 31.1 Å². The number of pyridine rings is 1. The number of rotatable bonds is 5. The second-order valence-corrected chi connectivity index (χ2v) is 10.5. The predicted octanol–water partition coefficient (Wildman–Crippen LogP) is 5.42. The number of carbonyl (C=O) groups is 2. The summed E-state index contributed by atoms with van der Waals surface area (Å²) in [5, 5.41) is 0. The maximum Gasteiger partial charge on any atom is 0.223 e. The first-order valence-electron chi connectivity index (χ1n) is 13.9. The fourth-order valence-corrected chi connectivity index (χ4v) is 5.74. The van der Waals surface area contributed by atoms with Crippen molar-refractivity contribution in [1.29, 1.82) is 0 Å². The number of nitrogens with zero attached hydrogens (tertiary/aromatic N) is 4. The second-order valence-electron chi connectivity index (χ2n) is 10.5. The van der Waals surface area contributed by atoms with Gasteiger partial charge in [0.2, 0.25) is 11.8 Å². The SMILES string of the molecule is CC(=O)N1CCCN(Cc2ccccn2)CCCN(C(=O)CCC2CCCCC2)Cc2ccccc21. The first-order chi connectivity index (χ1) is 17.6. The summed E-state index contributed by atoms with van der Waals surface area (Å²) >= 11 is 0. The molecule has 0 saturated heterocycles. The fraction of sp³-hybridized carbons (Fsp3) is 0.567. The van der Waals surface area contributed by atoms with Crippen LogP contribution in [0, 0.1) is 5.92 Å². The molecule has 6 heteroatoms. The molecular formula is C30H42N4O2. The van der Waals surface area contributed by atoms with E-state index in [2.05, 4.69) is 22.0 Å². The summed E-state index contributed by atoms with van der Waals surface area (Å²) in [6, 6.07) is 14.1. The van der Waals surface area contributed by atoms with Gasteiger partial charge in [-0.2, -0.15) is 0 Å². The van der Waals surface area contributed by atoms with Crippen LogP contribution in [0.4, 0.5) is 5.69 Å². The predicted molar refractivity (Wildman–Crippen MR) is 144 cm³/mol. The van der Waals surface area contributed by atoms with Crippen molar-refractivity contribution in [2.24, 2.45) is 5.92 Å². The fourth-order valence-electron chi connectivity index (χ4n) is 5.74. The van der Waals surface area contributed by atoms with Gasteiger partial charge in [0.1, 0.15) is 0 Å². The summed E-state index contributed by atoms with van der Waals surface area (Å²) < 4.78 is 0. The molecule has 4 rings (SSSR count). The Kier molecular flexibility index (Phi) is 9.91. The highest BCUT2D eigenvalue weighted by Gasteiger charge is 2.22. The first kappa shape index (κ1) is 26.3. The maximum atomic E-state index is 13.5. The third kappa shape index (κ3) is 7.63. The molecule has 0 atom stereocenters. The molecule has 0 spiro atoms. The molecule has 2 aliphatic rings. The molecule has 0 radical (unpaired) electrons. The lowest BCUT2D eigenvalue weighted by Gasteiger charge is -2.31. The average molecular weight is 491 g/mol. The largest absolute Gasteiger partial charge is 0.338 e. The topological polar surface area (TPSA) is 56.8 Å². The van der Waals surface area contributed by atoms with Gasteiger partial charge in [-0.15, -0.1) is 0 Å². The van der Waals surface area contributed by atoms with Gasteiger partial charge < -0.3 is 9.80 Å². The Morgan fingerprint density at radius 1 is 0.889 bits per heavy atom. The molecule has 1 fully saturated rings. The smallest absolute Gasteiger partial charge is 0.223 e. The number of para-hydroxylation sites is 1. The van der Waals surface area contributed by atoms with Gasteiger partial charge in [-0.3, -0.25) is 19.5 Å². The van der Waals surface area contributed by atoms with E-state index in [1.165, 1.54) is 32.1 Å². The molecule has 0 bridgehead atoms. The molecule has 2 aromatic rings. The van der Waals surface area contributed by atoms with Crippen molar-refractivity contribution in [3.63, 3.8) is 0 Å². The zero-order valence-electron chi connectivity index (χ0n) is 21.9. The third-order valence-corrected chi connectivity index (χ3v) is 7.74. The van der Waals surface area contributed by atoms with Gasteiger partial charge in [-0.1, -0.05) is 56.4 Å². The van der Waals surface area contributed by atoms with Gasteiger partial charge in [-0.25, -0.2) is 0 Å². The van der Waals surface area contributed by atoms with Crippen LogP contribution >= 0.6 is 0 Å². The zero-order valence-corrected chi connectivity index (χ0v) is 21.9. The van der Waals surface area contributed by atoms with Crippen LogP contribution in [-0.4, -0.2) is 52.8 Å². The summed E-state index contributed by atoms with van der Waals surface area (Å²) in [6.45, 7) is 6.18. The molecule has 1 aromatic carbocycles. The molecule has 1 aliphatic carbocycles. The highest BCUT2D eigenvalue weighted by molar-refractivity contribution is 5.92. The minimum atomic E-state index is 0.0472. The van der Waals surface area contributed by atoms with E-state index in [9.17, 15) is 9.59 Å². The number of fused-ring (bicyclic) bond motifs is 1. The van der Waals surface area contributed by atoms with Crippen molar-refractivity contribution in [1.82, 2.24) is 14.8 Å². The average Bonchev–Trinajstić information content (AvgIpc) is 2.89. The monoisotopic (exact) mass is 490 g/mol. The van der Waals surface area contributed by atoms with E-state index in [1.54, 1.807) is 6.92 Å². The van der Waals surface area contributed by atoms with Gasteiger partial charge in [-0.05, 0) is 48.9 Å². The van der Waals surface area contributed by atoms with Crippen LogP contribution in [0.3, 0.4) is 0 Å². The molecule has 6 nitrogen and oxygen atoms in total. The summed E-state index contributed by atoms with van der Waals surface area (Å²) in [5.41, 5.74) is 3.05. The van der Waals surface area contributed by atoms with Crippen molar-refractivity contribution in [3.05, 3.63) is 59.9 Å². The van der Waals surface area contributed by atoms with Gasteiger partial charge in [0.05, 0.1) is 5.69 Å². The lowest BCUT2D eigenvalue weighted by atomic mass is 9.86. The summed E-state index contributed by atoms with van der Waals surface area (Å²) in [4.78, 5) is 37.0. The van der Waals surface area contributed by atoms with Crippen LogP contribution in [-0.2, 0) is 22.7 Å². The van der Waals surface area contributed by atoms with E-state index >= 15 is 0 Å². The van der Waals surface area contributed by atoms with E-state index < -0.39 is 0 Å². The van der Waals surface area contributed by atoms with E-state index in [-0.39, 0.29) is 11.8 Å². The highest BCUT2D eigenvalue weighted by atomic mass is 16.2. The second kappa shape index (κ2) is 13.5. The molecule has 2 amide bonds. The zero-order chi connectivity index (χ0) is 25.2. The van der Waals surface area contributed by atoms with E-state index in [0.29, 0.717) is 25.4 Å². The molecular weight excluding hydrogens is 448 g/mol.